The summed E-state index contributed by atoms with van der Waals surface area (Å²) in [5.41, 5.74) is 2.17. The van der Waals surface area contributed by atoms with Crippen LogP contribution in [0.1, 0.15) is 50.5 Å². The van der Waals surface area contributed by atoms with Crippen LogP contribution in [0.15, 0.2) is 28.8 Å². The standard InChI is InChI=1S/C19H25N3O3/c1-13(2)14-5-7-15(8-6-14)19-20-17(25-21-19)9-10-18(24)22-11-3-4-16(22)12-23/h5-8,13,16,23H,3-4,9-12H2,1-2H3/t16-/m1/s1. The molecule has 1 N–H and O–H groups in total. The van der Waals surface area contributed by atoms with Crippen LogP contribution >= 0.6 is 0 Å². The highest BCUT2D eigenvalue weighted by Crippen LogP contribution is 2.21. The van der Waals surface area contributed by atoms with Gasteiger partial charge in [0.1, 0.15) is 0 Å². The van der Waals surface area contributed by atoms with Gasteiger partial charge >= 0.3 is 0 Å². The Kier molecular flexibility index (Phi) is 5.48. The summed E-state index contributed by atoms with van der Waals surface area (Å²) in [6.07, 6.45) is 2.57. The minimum Gasteiger partial charge on any atom is -0.394 e. The first-order valence-electron chi connectivity index (χ1n) is 8.91. The molecule has 2 aromatic rings. The quantitative estimate of drug-likeness (QED) is 0.872. The lowest BCUT2D eigenvalue weighted by atomic mass is 10.0. The van der Waals surface area contributed by atoms with E-state index in [0.29, 0.717) is 30.5 Å². The first-order valence-corrected chi connectivity index (χ1v) is 8.91. The Bertz CT molecular complexity index is 709. The molecule has 0 saturated carbocycles. The largest absolute Gasteiger partial charge is 0.394 e. The third-order valence-electron chi connectivity index (χ3n) is 4.76. The van der Waals surface area contributed by atoms with E-state index in [2.05, 4.69) is 36.1 Å². The Labute approximate surface area is 147 Å². The molecular weight excluding hydrogens is 318 g/mol. The molecule has 0 radical (unpaired) electrons. The zero-order chi connectivity index (χ0) is 17.8. The summed E-state index contributed by atoms with van der Waals surface area (Å²) in [6.45, 7) is 5.06. The molecule has 6 heteroatoms. The zero-order valence-electron chi connectivity index (χ0n) is 14.8. The summed E-state index contributed by atoms with van der Waals surface area (Å²) in [6, 6.07) is 8.09. The van der Waals surface area contributed by atoms with Gasteiger partial charge in [0.15, 0.2) is 0 Å². The van der Waals surface area contributed by atoms with E-state index in [-0.39, 0.29) is 18.6 Å². The second-order valence-electron chi connectivity index (χ2n) is 6.85. The number of nitrogens with zero attached hydrogens (tertiary/aromatic N) is 3. The van der Waals surface area contributed by atoms with E-state index < -0.39 is 0 Å². The van der Waals surface area contributed by atoms with Crippen LogP contribution in [0.5, 0.6) is 0 Å². The number of amides is 1. The number of aliphatic hydroxyl groups is 1. The van der Waals surface area contributed by atoms with Crippen LogP contribution in [0.2, 0.25) is 0 Å². The minimum atomic E-state index is -0.0368. The number of carbonyl (C=O) groups excluding carboxylic acids is 1. The second-order valence-corrected chi connectivity index (χ2v) is 6.85. The number of likely N-dealkylation sites (tertiary alicyclic amines) is 1. The molecule has 1 fully saturated rings. The summed E-state index contributed by atoms with van der Waals surface area (Å²) >= 11 is 0. The first kappa shape index (κ1) is 17.6. The number of aryl methyl sites for hydroxylation is 1. The van der Waals surface area contributed by atoms with Gasteiger partial charge in [-0.2, -0.15) is 4.98 Å². The van der Waals surface area contributed by atoms with E-state index in [1.54, 1.807) is 4.90 Å². The summed E-state index contributed by atoms with van der Waals surface area (Å²) in [4.78, 5) is 18.5. The fourth-order valence-electron chi connectivity index (χ4n) is 3.20. The van der Waals surface area contributed by atoms with Gasteiger partial charge in [0.2, 0.25) is 17.6 Å². The Morgan fingerprint density at radius 2 is 2.12 bits per heavy atom. The molecule has 1 aliphatic rings. The van der Waals surface area contributed by atoms with Crippen LogP contribution in [0.25, 0.3) is 11.4 Å². The van der Waals surface area contributed by atoms with Gasteiger partial charge in [0.25, 0.3) is 0 Å². The van der Waals surface area contributed by atoms with E-state index in [1.165, 1.54) is 5.56 Å². The summed E-state index contributed by atoms with van der Waals surface area (Å²) in [5.74, 6) is 1.54. The number of aromatic nitrogens is 2. The number of hydrogen-bond donors (Lipinski definition) is 1. The Balaban J connectivity index is 1.59. The average molecular weight is 343 g/mol. The first-order chi connectivity index (χ1) is 12.1. The van der Waals surface area contributed by atoms with Crippen molar-refractivity contribution in [2.24, 2.45) is 0 Å². The number of rotatable bonds is 6. The van der Waals surface area contributed by atoms with Gasteiger partial charge in [0, 0.05) is 24.9 Å². The van der Waals surface area contributed by atoms with Crippen LogP contribution in [0.3, 0.4) is 0 Å². The Morgan fingerprint density at radius 1 is 1.36 bits per heavy atom. The van der Waals surface area contributed by atoms with Gasteiger partial charge in [-0.15, -0.1) is 0 Å². The second kappa shape index (κ2) is 7.78. The lowest BCUT2D eigenvalue weighted by Gasteiger charge is -2.22. The molecule has 1 atom stereocenters. The van der Waals surface area contributed by atoms with Gasteiger partial charge in [0.05, 0.1) is 12.6 Å². The average Bonchev–Trinajstić information content (AvgIpc) is 3.29. The molecule has 1 amide bonds. The van der Waals surface area contributed by atoms with Crippen molar-refractivity contribution in [1.29, 1.82) is 0 Å². The topological polar surface area (TPSA) is 79.5 Å². The molecular formula is C19H25N3O3. The van der Waals surface area contributed by atoms with Crippen molar-refractivity contribution in [3.63, 3.8) is 0 Å². The van der Waals surface area contributed by atoms with Gasteiger partial charge in [-0.25, -0.2) is 0 Å². The van der Waals surface area contributed by atoms with Gasteiger partial charge in [-0.1, -0.05) is 43.3 Å². The van der Waals surface area contributed by atoms with E-state index in [4.69, 9.17) is 4.52 Å². The Hall–Kier alpha value is -2.21. The van der Waals surface area contributed by atoms with Crippen molar-refractivity contribution in [2.45, 2.75) is 51.5 Å². The minimum absolute atomic E-state index is 0.0306. The smallest absolute Gasteiger partial charge is 0.227 e. The highest BCUT2D eigenvalue weighted by atomic mass is 16.5. The van der Waals surface area contributed by atoms with Gasteiger partial charge in [-0.05, 0) is 24.3 Å². The molecule has 0 spiro atoms. The predicted molar refractivity (Wildman–Crippen MR) is 94.0 cm³/mol. The van der Waals surface area contributed by atoms with Crippen molar-refractivity contribution in [3.8, 4) is 11.4 Å². The number of carbonyl (C=O) groups is 1. The molecule has 6 nitrogen and oxygen atoms in total. The molecule has 3 rings (SSSR count). The highest BCUT2D eigenvalue weighted by molar-refractivity contribution is 5.77. The SMILES string of the molecule is CC(C)c1ccc(-c2noc(CCC(=O)N3CCC[C@@H]3CO)n2)cc1. The van der Waals surface area contributed by atoms with Crippen molar-refractivity contribution in [1.82, 2.24) is 15.0 Å². The van der Waals surface area contributed by atoms with Crippen LogP contribution < -0.4 is 0 Å². The molecule has 1 aromatic carbocycles. The zero-order valence-corrected chi connectivity index (χ0v) is 14.8. The summed E-state index contributed by atoms with van der Waals surface area (Å²) in [7, 11) is 0. The van der Waals surface area contributed by atoms with Crippen LogP contribution in [-0.4, -0.2) is 45.2 Å². The number of aliphatic hydroxyl groups excluding tert-OH is 1. The number of benzene rings is 1. The molecule has 1 saturated heterocycles. The van der Waals surface area contributed by atoms with Crippen LogP contribution in [0, 0.1) is 0 Å². The molecule has 1 aliphatic heterocycles. The van der Waals surface area contributed by atoms with E-state index >= 15 is 0 Å². The normalized spacial score (nSPS) is 17.4. The van der Waals surface area contributed by atoms with Crippen LogP contribution in [-0.2, 0) is 11.2 Å². The highest BCUT2D eigenvalue weighted by Gasteiger charge is 2.27. The molecule has 25 heavy (non-hydrogen) atoms. The fourth-order valence-corrected chi connectivity index (χ4v) is 3.20. The molecule has 0 unspecified atom stereocenters. The molecule has 2 heterocycles. The Morgan fingerprint density at radius 3 is 2.80 bits per heavy atom. The lowest BCUT2D eigenvalue weighted by Crippen LogP contribution is -2.37. The monoisotopic (exact) mass is 343 g/mol. The van der Waals surface area contributed by atoms with E-state index in [1.807, 2.05) is 12.1 Å². The van der Waals surface area contributed by atoms with Crippen LogP contribution in [0.4, 0.5) is 0 Å². The molecule has 0 bridgehead atoms. The number of hydrogen-bond acceptors (Lipinski definition) is 5. The maximum absolute atomic E-state index is 12.3. The third kappa shape index (κ3) is 4.07. The summed E-state index contributed by atoms with van der Waals surface area (Å²) < 4.78 is 5.28. The van der Waals surface area contributed by atoms with Gasteiger partial charge in [-0.3, -0.25) is 4.79 Å². The van der Waals surface area contributed by atoms with Crippen molar-refractivity contribution in [2.75, 3.05) is 13.2 Å². The molecule has 0 aliphatic carbocycles. The third-order valence-corrected chi connectivity index (χ3v) is 4.76. The fraction of sp³-hybridized carbons (Fsp3) is 0.526. The van der Waals surface area contributed by atoms with E-state index in [9.17, 15) is 9.90 Å². The molecule has 1 aromatic heterocycles. The lowest BCUT2D eigenvalue weighted by molar-refractivity contribution is -0.132. The molecule has 134 valence electrons. The predicted octanol–water partition coefficient (Wildman–Crippen LogP) is 2.78. The van der Waals surface area contributed by atoms with Gasteiger partial charge < -0.3 is 14.5 Å². The van der Waals surface area contributed by atoms with Crippen molar-refractivity contribution < 1.29 is 14.4 Å². The maximum Gasteiger partial charge on any atom is 0.227 e. The summed E-state index contributed by atoms with van der Waals surface area (Å²) in [5, 5.41) is 13.3. The maximum atomic E-state index is 12.3. The van der Waals surface area contributed by atoms with Crippen molar-refractivity contribution in [3.05, 3.63) is 35.7 Å². The van der Waals surface area contributed by atoms with E-state index in [0.717, 1.165) is 24.9 Å². The van der Waals surface area contributed by atoms with Crippen molar-refractivity contribution >= 4 is 5.91 Å².